The minimum absolute atomic E-state index is 0.395. The number of hydrogen-bond acceptors (Lipinski definition) is 4. The van der Waals surface area contributed by atoms with Gasteiger partial charge in [-0.1, -0.05) is 6.07 Å². The van der Waals surface area contributed by atoms with Crippen molar-refractivity contribution in [3.05, 3.63) is 42.7 Å². The van der Waals surface area contributed by atoms with Gasteiger partial charge in [-0.3, -0.25) is 4.98 Å². The molecule has 1 N–H and O–H groups in total. The van der Waals surface area contributed by atoms with Crippen molar-refractivity contribution in [1.29, 1.82) is 0 Å². The lowest BCUT2D eigenvalue weighted by molar-refractivity contribution is 0.216. The van der Waals surface area contributed by atoms with Gasteiger partial charge in [0.2, 0.25) is 5.95 Å². The fourth-order valence-corrected chi connectivity index (χ4v) is 1.92. The Morgan fingerprint density at radius 3 is 3.00 bits per heavy atom. The third-order valence-electron chi connectivity index (χ3n) is 3.16. The molecule has 3 rings (SSSR count). The predicted octanol–water partition coefficient (Wildman–Crippen LogP) is 2.02. The van der Waals surface area contributed by atoms with Crippen LogP contribution in [0.1, 0.15) is 6.42 Å². The molecule has 0 aliphatic carbocycles. The lowest BCUT2D eigenvalue weighted by atomic mass is 10.1. The lowest BCUT2D eigenvalue weighted by Gasteiger charge is -2.27. The van der Waals surface area contributed by atoms with E-state index in [4.69, 9.17) is 4.74 Å². The molecule has 0 saturated carbocycles. The van der Waals surface area contributed by atoms with Gasteiger partial charge in [-0.2, -0.15) is 4.39 Å². The van der Waals surface area contributed by atoms with Gasteiger partial charge in [0.25, 0.3) is 0 Å². The minimum Gasteiger partial charge on any atom is -0.490 e. The van der Waals surface area contributed by atoms with Crippen molar-refractivity contribution in [2.45, 2.75) is 12.5 Å². The number of rotatable bonds is 4. The van der Waals surface area contributed by atoms with Crippen LogP contribution in [0.4, 0.5) is 4.39 Å². The second kappa shape index (κ2) is 5.32. The summed E-state index contributed by atoms with van der Waals surface area (Å²) in [5.41, 5.74) is 1.10. The highest BCUT2D eigenvalue weighted by Crippen LogP contribution is 2.24. The van der Waals surface area contributed by atoms with Gasteiger partial charge >= 0.3 is 0 Å². The molecule has 1 aliphatic heterocycles. The van der Waals surface area contributed by atoms with Crippen LogP contribution < -0.4 is 10.1 Å². The maximum Gasteiger partial charge on any atom is 0.221 e. The Morgan fingerprint density at radius 2 is 2.32 bits per heavy atom. The van der Waals surface area contributed by atoms with Crippen molar-refractivity contribution < 1.29 is 9.13 Å². The van der Waals surface area contributed by atoms with Crippen LogP contribution in [0, 0.1) is 5.95 Å². The smallest absolute Gasteiger partial charge is 0.221 e. The first kappa shape index (κ1) is 12.0. The van der Waals surface area contributed by atoms with Gasteiger partial charge in [-0.15, -0.1) is 0 Å². The van der Waals surface area contributed by atoms with Gasteiger partial charge in [0.15, 0.2) is 0 Å². The second-order valence-electron chi connectivity index (χ2n) is 4.50. The Morgan fingerprint density at radius 1 is 1.42 bits per heavy atom. The number of hydrogen-bond donors (Lipinski definition) is 1. The van der Waals surface area contributed by atoms with E-state index in [1.54, 1.807) is 30.6 Å². The Balaban J connectivity index is 1.79. The summed E-state index contributed by atoms with van der Waals surface area (Å²) in [6, 6.07) is 5.62. The van der Waals surface area contributed by atoms with Gasteiger partial charge in [-0.25, -0.2) is 4.98 Å². The highest BCUT2D eigenvalue weighted by molar-refractivity contribution is 5.63. The third kappa shape index (κ3) is 2.71. The summed E-state index contributed by atoms with van der Waals surface area (Å²) >= 11 is 0. The van der Waals surface area contributed by atoms with Crippen molar-refractivity contribution in [2.24, 2.45) is 0 Å². The van der Waals surface area contributed by atoms with Crippen molar-refractivity contribution in [2.75, 3.05) is 13.2 Å². The number of ether oxygens (including phenoxy) is 1. The molecule has 1 fully saturated rings. The molecule has 19 heavy (non-hydrogen) atoms. The van der Waals surface area contributed by atoms with Crippen LogP contribution in [-0.4, -0.2) is 29.2 Å². The van der Waals surface area contributed by atoms with E-state index in [1.807, 2.05) is 0 Å². The summed E-state index contributed by atoms with van der Waals surface area (Å²) in [6.07, 6.45) is 5.78. The van der Waals surface area contributed by atoms with Crippen LogP contribution in [0.2, 0.25) is 0 Å². The van der Waals surface area contributed by atoms with Crippen molar-refractivity contribution in [3.63, 3.8) is 0 Å². The highest BCUT2D eigenvalue weighted by atomic mass is 18.2. The van der Waals surface area contributed by atoms with Crippen molar-refractivity contribution >= 4 is 0 Å². The van der Waals surface area contributed by atoms with Crippen molar-refractivity contribution in [1.82, 2.24) is 15.3 Å². The largest absolute Gasteiger partial charge is 0.490 e. The van der Waals surface area contributed by atoms with E-state index >= 15 is 0 Å². The zero-order chi connectivity index (χ0) is 13.1. The SMILES string of the molecule is [18F]c1ncc(OC[C@@H]2CCN2)cc1-c1cccnc1. The summed E-state index contributed by atoms with van der Waals surface area (Å²) in [5.74, 6) is 0.0658. The lowest BCUT2D eigenvalue weighted by Crippen LogP contribution is -2.46. The summed E-state index contributed by atoms with van der Waals surface area (Å²) in [6.45, 7) is 1.62. The molecule has 5 heteroatoms. The molecule has 0 bridgehead atoms. The van der Waals surface area contributed by atoms with Crippen LogP contribution in [-0.2, 0) is 0 Å². The Bertz CT molecular complexity index is 558. The van der Waals surface area contributed by atoms with E-state index in [0.717, 1.165) is 13.0 Å². The first-order valence-electron chi connectivity index (χ1n) is 6.25. The molecule has 1 atom stereocenters. The topological polar surface area (TPSA) is 47.0 Å². The molecule has 2 aromatic rings. The Labute approximate surface area is 110 Å². The Kier molecular flexibility index (Phi) is 3.37. The van der Waals surface area contributed by atoms with Crippen molar-refractivity contribution in [3.8, 4) is 16.9 Å². The fraction of sp³-hybridized carbons (Fsp3) is 0.286. The summed E-state index contributed by atoms with van der Waals surface area (Å²) in [4.78, 5) is 7.72. The third-order valence-corrected chi connectivity index (χ3v) is 3.16. The molecule has 2 aromatic heterocycles. The average molecular weight is 258 g/mol. The molecule has 1 saturated heterocycles. The van der Waals surface area contributed by atoms with Gasteiger partial charge in [0.1, 0.15) is 12.4 Å². The zero-order valence-electron chi connectivity index (χ0n) is 10.3. The maximum atomic E-state index is 13.7. The zero-order valence-corrected chi connectivity index (χ0v) is 10.3. The van der Waals surface area contributed by atoms with Crippen LogP contribution in [0.15, 0.2) is 36.8 Å². The van der Waals surface area contributed by atoms with E-state index in [0.29, 0.717) is 29.5 Å². The van der Waals surface area contributed by atoms with E-state index in [9.17, 15) is 4.39 Å². The fourth-order valence-electron chi connectivity index (χ4n) is 1.92. The molecule has 1 aliphatic rings. The van der Waals surface area contributed by atoms with Gasteiger partial charge in [-0.05, 0) is 25.1 Å². The van der Waals surface area contributed by atoms with Crippen LogP contribution in [0.5, 0.6) is 5.75 Å². The molecule has 4 nitrogen and oxygen atoms in total. The summed E-state index contributed by atoms with van der Waals surface area (Å²) in [7, 11) is 0. The number of pyridine rings is 2. The molecular weight excluding hydrogens is 244 g/mol. The van der Waals surface area contributed by atoms with E-state index in [2.05, 4.69) is 15.3 Å². The van der Waals surface area contributed by atoms with E-state index in [-0.39, 0.29) is 0 Å². The molecule has 0 unspecified atom stereocenters. The molecule has 3 heterocycles. The first-order valence-corrected chi connectivity index (χ1v) is 6.25. The normalized spacial score (nSPS) is 17.8. The Hall–Kier alpha value is -2.01. The monoisotopic (exact) mass is 258 g/mol. The van der Waals surface area contributed by atoms with Gasteiger partial charge in [0.05, 0.1) is 6.20 Å². The maximum absolute atomic E-state index is 13.7. The molecular formula is C14H14FN3O. The summed E-state index contributed by atoms with van der Waals surface area (Å²) in [5, 5.41) is 3.24. The quantitative estimate of drug-likeness (QED) is 0.852. The van der Waals surface area contributed by atoms with Gasteiger partial charge in [0, 0.05) is 29.6 Å². The van der Waals surface area contributed by atoms with E-state index in [1.165, 1.54) is 6.20 Å². The molecule has 0 spiro atoms. The number of halogens is 1. The number of nitrogens with zero attached hydrogens (tertiary/aromatic N) is 2. The first-order chi connectivity index (χ1) is 9.33. The number of nitrogens with one attached hydrogen (secondary N) is 1. The predicted molar refractivity (Wildman–Crippen MR) is 69.3 cm³/mol. The molecule has 98 valence electrons. The van der Waals surface area contributed by atoms with E-state index < -0.39 is 5.95 Å². The second-order valence-corrected chi connectivity index (χ2v) is 4.50. The van der Waals surface area contributed by atoms with Crippen LogP contribution in [0.3, 0.4) is 0 Å². The minimum atomic E-state index is -0.512. The molecule has 0 aromatic carbocycles. The van der Waals surface area contributed by atoms with Crippen LogP contribution in [0.25, 0.3) is 11.1 Å². The molecule has 0 radical (unpaired) electrons. The van der Waals surface area contributed by atoms with Gasteiger partial charge < -0.3 is 10.1 Å². The number of aromatic nitrogens is 2. The highest BCUT2D eigenvalue weighted by Gasteiger charge is 2.17. The standard InChI is InChI=1S/C14H14FN3O/c15-14-13(10-2-1-4-16-7-10)6-12(8-18-14)19-9-11-3-5-17-11/h1-2,4,6-8,11,17H,3,5,9H2/t11-/m0/s1/i15-1. The average Bonchev–Trinajstić information content (AvgIpc) is 2.40. The summed E-state index contributed by atoms with van der Waals surface area (Å²) < 4.78 is 19.3. The van der Waals surface area contributed by atoms with Crippen LogP contribution >= 0.6 is 0 Å². The molecule has 0 amide bonds.